The van der Waals surface area contributed by atoms with Crippen LogP contribution in [-0.4, -0.2) is 38.6 Å². The van der Waals surface area contributed by atoms with E-state index in [1.807, 2.05) is 0 Å². The molecular weight excluding hydrogens is 444 g/mol. The minimum absolute atomic E-state index is 0.0862. The summed E-state index contributed by atoms with van der Waals surface area (Å²) < 4.78 is 16.1. The molecule has 0 aliphatic carbocycles. The minimum atomic E-state index is -0.585. The first kappa shape index (κ1) is 20.4. The van der Waals surface area contributed by atoms with Crippen molar-refractivity contribution in [2.75, 3.05) is 25.8 Å². The number of carbonyl (C=O) groups is 3. The number of rotatable bonds is 6. The molecule has 8 nitrogen and oxygen atoms in total. The summed E-state index contributed by atoms with van der Waals surface area (Å²) >= 11 is 3.36. The lowest BCUT2D eigenvalue weighted by molar-refractivity contribution is -0.143. The Kier molecular flexibility index (Phi) is 6.18. The molecule has 1 fully saturated rings. The number of para-hydroxylation sites is 1. The highest BCUT2D eigenvalue weighted by Gasteiger charge is 2.34. The Bertz CT molecular complexity index is 990. The highest BCUT2D eigenvalue weighted by molar-refractivity contribution is 9.10. The molecule has 1 N–H and O–H groups in total. The molecule has 1 heterocycles. The lowest BCUT2D eigenvalue weighted by atomic mass is 10.1. The Labute approximate surface area is 175 Å². The number of hydrogen-bond acceptors (Lipinski definition) is 6. The maximum absolute atomic E-state index is 12.8. The van der Waals surface area contributed by atoms with Gasteiger partial charge in [-0.3, -0.25) is 15.0 Å². The van der Waals surface area contributed by atoms with E-state index in [0.29, 0.717) is 21.5 Å². The van der Waals surface area contributed by atoms with Crippen molar-refractivity contribution in [2.45, 2.75) is 0 Å². The second-order valence-electron chi connectivity index (χ2n) is 5.87. The fourth-order valence-electron chi connectivity index (χ4n) is 2.66. The Morgan fingerprint density at radius 3 is 2.55 bits per heavy atom. The molecular formula is C20H17BrN2O6. The number of amides is 2. The van der Waals surface area contributed by atoms with E-state index in [2.05, 4.69) is 26.1 Å². The molecule has 0 atom stereocenters. The molecule has 0 spiro atoms. The molecule has 3 rings (SSSR count). The number of esters is 1. The SMILES string of the molecule is COC(=O)COc1c(/C=C2\C(=O)NN(c3ccccc3)C2=O)cc(Br)cc1OC. The third kappa shape index (κ3) is 4.40. The van der Waals surface area contributed by atoms with Crippen LogP contribution >= 0.6 is 15.9 Å². The maximum atomic E-state index is 12.8. The van der Waals surface area contributed by atoms with Gasteiger partial charge in [0.15, 0.2) is 18.1 Å². The Morgan fingerprint density at radius 2 is 1.90 bits per heavy atom. The highest BCUT2D eigenvalue weighted by Crippen LogP contribution is 2.37. The molecule has 0 saturated carbocycles. The van der Waals surface area contributed by atoms with Crippen LogP contribution in [0.3, 0.4) is 0 Å². The van der Waals surface area contributed by atoms with Crippen LogP contribution < -0.4 is 19.9 Å². The number of hydrogen-bond donors (Lipinski definition) is 1. The molecule has 2 aromatic carbocycles. The van der Waals surface area contributed by atoms with Gasteiger partial charge in [-0.25, -0.2) is 9.80 Å². The molecule has 150 valence electrons. The number of benzene rings is 2. The molecule has 1 aliphatic rings. The number of anilines is 1. The summed E-state index contributed by atoms with van der Waals surface area (Å²) in [7, 11) is 2.68. The lowest BCUT2D eigenvalue weighted by Gasteiger charge is -2.14. The monoisotopic (exact) mass is 460 g/mol. The zero-order valence-electron chi connectivity index (χ0n) is 15.6. The van der Waals surface area contributed by atoms with Crippen molar-refractivity contribution in [1.82, 2.24) is 5.43 Å². The molecule has 0 radical (unpaired) electrons. The topological polar surface area (TPSA) is 94.2 Å². The number of methoxy groups -OCH3 is 2. The molecule has 29 heavy (non-hydrogen) atoms. The van der Waals surface area contributed by atoms with Gasteiger partial charge in [-0.15, -0.1) is 0 Å². The zero-order chi connectivity index (χ0) is 21.0. The van der Waals surface area contributed by atoms with Crippen molar-refractivity contribution in [1.29, 1.82) is 0 Å². The normalized spacial score (nSPS) is 14.7. The highest BCUT2D eigenvalue weighted by atomic mass is 79.9. The Hall–Kier alpha value is -3.33. The number of halogens is 1. The number of hydrazine groups is 1. The largest absolute Gasteiger partial charge is 0.493 e. The van der Waals surface area contributed by atoms with Crippen LogP contribution in [0.15, 0.2) is 52.5 Å². The summed E-state index contributed by atoms with van der Waals surface area (Å²) in [6.45, 7) is -0.360. The van der Waals surface area contributed by atoms with Crippen molar-refractivity contribution in [2.24, 2.45) is 0 Å². The van der Waals surface area contributed by atoms with E-state index >= 15 is 0 Å². The number of ether oxygens (including phenoxy) is 3. The number of carbonyl (C=O) groups excluding carboxylic acids is 3. The average Bonchev–Trinajstić information content (AvgIpc) is 3.01. The van der Waals surface area contributed by atoms with E-state index in [4.69, 9.17) is 9.47 Å². The van der Waals surface area contributed by atoms with Gasteiger partial charge in [0.2, 0.25) is 0 Å². The smallest absolute Gasteiger partial charge is 0.343 e. The van der Waals surface area contributed by atoms with E-state index in [0.717, 1.165) is 0 Å². The van der Waals surface area contributed by atoms with Crippen molar-refractivity contribution in [3.63, 3.8) is 0 Å². The van der Waals surface area contributed by atoms with Crippen molar-refractivity contribution >= 4 is 45.5 Å². The Balaban J connectivity index is 2.00. The summed E-state index contributed by atoms with van der Waals surface area (Å²) in [5.74, 6) is -1.14. The first-order valence-electron chi connectivity index (χ1n) is 8.44. The predicted octanol–water partition coefficient (Wildman–Crippen LogP) is 2.47. The van der Waals surface area contributed by atoms with Crippen LogP contribution in [0, 0.1) is 0 Å². The lowest BCUT2D eigenvalue weighted by Crippen LogP contribution is -2.35. The second-order valence-corrected chi connectivity index (χ2v) is 6.78. The second kappa shape index (κ2) is 8.78. The van der Waals surface area contributed by atoms with Gasteiger partial charge in [0, 0.05) is 10.0 Å². The fraction of sp³-hybridized carbons (Fsp3) is 0.150. The number of nitrogens with one attached hydrogen (secondary N) is 1. The quantitative estimate of drug-likeness (QED) is 0.404. The summed E-state index contributed by atoms with van der Waals surface area (Å²) in [5, 5.41) is 1.17. The van der Waals surface area contributed by atoms with Crippen LogP contribution in [0.25, 0.3) is 6.08 Å². The summed E-state index contributed by atoms with van der Waals surface area (Å²) in [4.78, 5) is 36.7. The van der Waals surface area contributed by atoms with E-state index in [-0.39, 0.29) is 17.9 Å². The van der Waals surface area contributed by atoms with E-state index in [9.17, 15) is 14.4 Å². The van der Waals surface area contributed by atoms with Gasteiger partial charge in [-0.1, -0.05) is 34.1 Å². The molecule has 0 aromatic heterocycles. The van der Waals surface area contributed by atoms with Crippen LogP contribution in [0.1, 0.15) is 5.56 Å². The third-order valence-electron chi connectivity index (χ3n) is 4.04. The van der Waals surface area contributed by atoms with Crippen LogP contribution in [0.2, 0.25) is 0 Å². The molecule has 2 aromatic rings. The van der Waals surface area contributed by atoms with E-state index in [1.165, 1.54) is 25.3 Å². The summed E-state index contributed by atoms with van der Waals surface area (Å²) in [6.07, 6.45) is 1.39. The molecule has 2 amide bonds. The molecule has 9 heteroatoms. The van der Waals surface area contributed by atoms with Gasteiger partial charge in [0.1, 0.15) is 5.57 Å². The van der Waals surface area contributed by atoms with E-state index in [1.54, 1.807) is 42.5 Å². The van der Waals surface area contributed by atoms with Gasteiger partial charge in [-0.05, 0) is 30.3 Å². The first-order chi connectivity index (χ1) is 13.9. The maximum Gasteiger partial charge on any atom is 0.343 e. The van der Waals surface area contributed by atoms with Gasteiger partial charge < -0.3 is 14.2 Å². The van der Waals surface area contributed by atoms with Gasteiger partial charge in [0.25, 0.3) is 11.8 Å². The fourth-order valence-corrected chi connectivity index (χ4v) is 3.12. The summed E-state index contributed by atoms with van der Waals surface area (Å²) in [6, 6.07) is 12.0. The van der Waals surface area contributed by atoms with Gasteiger partial charge in [-0.2, -0.15) is 0 Å². The van der Waals surface area contributed by atoms with Crippen molar-refractivity contribution in [3.05, 3.63) is 58.1 Å². The molecule has 1 saturated heterocycles. The molecule has 1 aliphatic heterocycles. The van der Waals surface area contributed by atoms with Crippen molar-refractivity contribution in [3.8, 4) is 11.5 Å². The van der Waals surface area contributed by atoms with Crippen molar-refractivity contribution < 1.29 is 28.6 Å². The summed E-state index contributed by atoms with van der Waals surface area (Å²) in [5.41, 5.74) is 3.36. The van der Waals surface area contributed by atoms with Gasteiger partial charge >= 0.3 is 5.97 Å². The minimum Gasteiger partial charge on any atom is -0.493 e. The Morgan fingerprint density at radius 1 is 1.17 bits per heavy atom. The standard InChI is InChI=1S/C20H17BrN2O6/c1-27-16-10-13(21)8-12(18(16)29-11-17(24)28-2)9-15-19(25)22-23(20(15)26)14-6-4-3-5-7-14/h3-10H,11H2,1-2H3,(H,22,25)/b15-9+. The first-order valence-corrected chi connectivity index (χ1v) is 9.23. The van der Waals surface area contributed by atoms with Crippen LogP contribution in [0.5, 0.6) is 11.5 Å². The van der Waals surface area contributed by atoms with E-state index < -0.39 is 17.8 Å². The van der Waals surface area contributed by atoms with Crippen LogP contribution in [-0.2, 0) is 19.1 Å². The predicted molar refractivity (Wildman–Crippen MR) is 108 cm³/mol. The molecule has 0 unspecified atom stereocenters. The van der Waals surface area contributed by atoms with Crippen LogP contribution in [0.4, 0.5) is 5.69 Å². The zero-order valence-corrected chi connectivity index (χ0v) is 17.2. The third-order valence-corrected chi connectivity index (χ3v) is 4.49. The average molecular weight is 461 g/mol. The number of nitrogens with zero attached hydrogens (tertiary/aromatic N) is 1. The molecule has 0 bridgehead atoms. The van der Waals surface area contributed by atoms with Gasteiger partial charge in [0.05, 0.1) is 19.9 Å².